The number of nitrogens with two attached hydrogens (primary N) is 1. The maximum atomic E-state index is 12.1. The van der Waals surface area contributed by atoms with Crippen LogP contribution < -0.4 is 11.1 Å². The molecule has 4 nitrogen and oxygen atoms in total. The van der Waals surface area contributed by atoms with Crippen molar-refractivity contribution < 1.29 is 4.79 Å². The van der Waals surface area contributed by atoms with Crippen molar-refractivity contribution in [2.45, 2.75) is 64.0 Å². The number of carbonyl (C=O) groups excluding carboxylic acids is 1. The van der Waals surface area contributed by atoms with Crippen molar-refractivity contribution in [1.82, 2.24) is 10.2 Å². The molecule has 1 unspecified atom stereocenters. The first-order chi connectivity index (χ1) is 9.19. The number of likely N-dealkylation sites (tertiary alicyclic amines) is 1. The molecule has 3 N–H and O–H groups in total. The van der Waals surface area contributed by atoms with Gasteiger partial charge >= 0.3 is 0 Å². The van der Waals surface area contributed by atoms with Crippen molar-refractivity contribution in [1.29, 1.82) is 0 Å². The zero-order chi connectivity index (χ0) is 13.7. The van der Waals surface area contributed by atoms with Gasteiger partial charge in [-0.25, -0.2) is 0 Å². The average molecular weight is 304 g/mol. The minimum Gasteiger partial charge on any atom is -0.352 e. The first-order valence-electron chi connectivity index (χ1n) is 7.92. The quantitative estimate of drug-likeness (QED) is 0.834. The van der Waals surface area contributed by atoms with Crippen LogP contribution in [-0.2, 0) is 4.79 Å². The van der Waals surface area contributed by atoms with E-state index in [9.17, 15) is 4.79 Å². The second-order valence-electron chi connectivity index (χ2n) is 6.38. The summed E-state index contributed by atoms with van der Waals surface area (Å²) in [5, 5.41) is 3.21. The van der Waals surface area contributed by atoms with Crippen LogP contribution >= 0.6 is 12.4 Å². The van der Waals surface area contributed by atoms with Gasteiger partial charge in [0.25, 0.3) is 0 Å². The SMILES string of the molecule is CC1CCC(NC(=O)CN2CCCCC2CN)CC1.Cl. The lowest BCUT2D eigenvalue weighted by Gasteiger charge is -2.35. The van der Waals surface area contributed by atoms with Gasteiger partial charge in [0, 0.05) is 18.6 Å². The third-order valence-corrected chi connectivity index (χ3v) is 4.75. The summed E-state index contributed by atoms with van der Waals surface area (Å²) < 4.78 is 0. The van der Waals surface area contributed by atoms with Crippen LogP contribution in [0.25, 0.3) is 0 Å². The van der Waals surface area contributed by atoms with Crippen LogP contribution in [0.2, 0.25) is 0 Å². The molecule has 20 heavy (non-hydrogen) atoms. The minimum atomic E-state index is 0. The first-order valence-corrected chi connectivity index (χ1v) is 7.92. The molecule has 0 radical (unpaired) electrons. The molecule has 2 fully saturated rings. The van der Waals surface area contributed by atoms with Gasteiger partial charge in [-0.05, 0) is 51.0 Å². The molecule has 0 spiro atoms. The zero-order valence-corrected chi connectivity index (χ0v) is 13.5. The van der Waals surface area contributed by atoms with Gasteiger partial charge in [0.05, 0.1) is 6.54 Å². The molecule has 1 saturated carbocycles. The summed E-state index contributed by atoms with van der Waals surface area (Å²) in [5.74, 6) is 1.02. The lowest BCUT2D eigenvalue weighted by molar-refractivity contribution is -0.124. The van der Waals surface area contributed by atoms with Gasteiger partial charge in [0.1, 0.15) is 0 Å². The Morgan fingerprint density at radius 1 is 1.20 bits per heavy atom. The highest BCUT2D eigenvalue weighted by atomic mass is 35.5. The number of halogens is 1. The fraction of sp³-hybridized carbons (Fsp3) is 0.933. The van der Waals surface area contributed by atoms with Gasteiger partial charge in [-0.15, -0.1) is 12.4 Å². The molecule has 1 aliphatic carbocycles. The van der Waals surface area contributed by atoms with Crippen LogP contribution in [0.1, 0.15) is 51.9 Å². The molecular formula is C15H30ClN3O. The maximum absolute atomic E-state index is 12.1. The van der Waals surface area contributed by atoms with E-state index in [1.807, 2.05) is 0 Å². The summed E-state index contributed by atoms with van der Waals surface area (Å²) in [6.07, 6.45) is 8.39. The highest BCUT2D eigenvalue weighted by Gasteiger charge is 2.25. The minimum absolute atomic E-state index is 0. The second-order valence-corrected chi connectivity index (χ2v) is 6.38. The van der Waals surface area contributed by atoms with E-state index in [0.29, 0.717) is 25.2 Å². The van der Waals surface area contributed by atoms with Crippen LogP contribution in [0.3, 0.4) is 0 Å². The lowest BCUT2D eigenvalue weighted by atomic mass is 9.87. The van der Waals surface area contributed by atoms with Gasteiger partial charge in [0.15, 0.2) is 0 Å². The highest BCUT2D eigenvalue weighted by molar-refractivity contribution is 5.85. The zero-order valence-electron chi connectivity index (χ0n) is 12.6. The Morgan fingerprint density at radius 3 is 2.55 bits per heavy atom. The van der Waals surface area contributed by atoms with Gasteiger partial charge in [-0.1, -0.05) is 13.3 Å². The number of nitrogens with one attached hydrogen (secondary N) is 1. The largest absolute Gasteiger partial charge is 0.352 e. The Bertz CT molecular complexity index is 293. The Labute approximate surface area is 129 Å². The van der Waals surface area contributed by atoms with Crippen LogP contribution in [0.15, 0.2) is 0 Å². The predicted octanol–water partition coefficient (Wildman–Crippen LogP) is 1.92. The molecule has 0 bridgehead atoms. The Balaban J connectivity index is 0.00000200. The van der Waals surface area contributed by atoms with Crippen molar-refractivity contribution in [3.8, 4) is 0 Å². The molecule has 1 atom stereocenters. The van der Waals surface area contributed by atoms with Crippen molar-refractivity contribution in [3.63, 3.8) is 0 Å². The third-order valence-electron chi connectivity index (χ3n) is 4.75. The van der Waals surface area contributed by atoms with E-state index >= 15 is 0 Å². The van der Waals surface area contributed by atoms with E-state index < -0.39 is 0 Å². The molecule has 1 saturated heterocycles. The molecule has 1 heterocycles. The smallest absolute Gasteiger partial charge is 0.234 e. The first kappa shape index (κ1) is 17.7. The van der Waals surface area contributed by atoms with Crippen LogP contribution in [-0.4, -0.2) is 42.5 Å². The Kier molecular flexibility index (Phi) is 7.85. The Morgan fingerprint density at radius 2 is 1.90 bits per heavy atom. The number of hydrogen-bond acceptors (Lipinski definition) is 3. The summed E-state index contributed by atoms with van der Waals surface area (Å²) in [4.78, 5) is 14.4. The summed E-state index contributed by atoms with van der Waals surface area (Å²) >= 11 is 0. The molecule has 2 aliphatic rings. The van der Waals surface area contributed by atoms with E-state index in [0.717, 1.165) is 31.7 Å². The third kappa shape index (κ3) is 5.23. The number of rotatable bonds is 4. The normalized spacial score (nSPS) is 31.4. The van der Waals surface area contributed by atoms with Gasteiger partial charge in [-0.2, -0.15) is 0 Å². The topological polar surface area (TPSA) is 58.4 Å². The van der Waals surface area contributed by atoms with Crippen LogP contribution in [0, 0.1) is 5.92 Å². The van der Waals surface area contributed by atoms with E-state index in [2.05, 4.69) is 17.1 Å². The predicted molar refractivity (Wildman–Crippen MR) is 85.1 cm³/mol. The number of piperidine rings is 1. The maximum Gasteiger partial charge on any atom is 0.234 e. The lowest BCUT2D eigenvalue weighted by Crippen LogP contribution is -2.50. The highest BCUT2D eigenvalue weighted by Crippen LogP contribution is 2.23. The molecule has 1 aliphatic heterocycles. The van der Waals surface area contributed by atoms with Crippen molar-refractivity contribution >= 4 is 18.3 Å². The number of amides is 1. The van der Waals surface area contributed by atoms with Gasteiger partial charge in [-0.3, -0.25) is 9.69 Å². The number of nitrogens with zero attached hydrogens (tertiary/aromatic N) is 1. The van der Waals surface area contributed by atoms with Crippen molar-refractivity contribution in [2.24, 2.45) is 11.7 Å². The van der Waals surface area contributed by atoms with Gasteiger partial charge in [0.2, 0.25) is 5.91 Å². The fourth-order valence-electron chi connectivity index (χ4n) is 3.40. The van der Waals surface area contributed by atoms with Gasteiger partial charge < -0.3 is 11.1 Å². The van der Waals surface area contributed by atoms with E-state index in [1.165, 1.54) is 25.7 Å². The van der Waals surface area contributed by atoms with Crippen molar-refractivity contribution in [3.05, 3.63) is 0 Å². The molecule has 2 rings (SSSR count). The number of carbonyl (C=O) groups is 1. The van der Waals surface area contributed by atoms with Crippen molar-refractivity contribution in [2.75, 3.05) is 19.6 Å². The Hall–Kier alpha value is -0.320. The van der Waals surface area contributed by atoms with E-state index in [-0.39, 0.29) is 18.3 Å². The summed E-state index contributed by atoms with van der Waals surface area (Å²) in [6.45, 7) is 4.54. The molecular weight excluding hydrogens is 274 g/mol. The molecule has 0 aromatic carbocycles. The molecule has 0 aromatic rings. The standard InChI is InChI=1S/C15H29N3O.ClH/c1-12-5-7-13(8-6-12)17-15(19)11-18-9-3-2-4-14(18)10-16;/h12-14H,2-11,16H2,1H3,(H,17,19);1H. The van der Waals surface area contributed by atoms with Crippen LogP contribution in [0.4, 0.5) is 0 Å². The summed E-state index contributed by atoms with van der Waals surface area (Å²) in [7, 11) is 0. The van der Waals surface area contributed by atoms with E-state index in [1.54, 1.807) is 0 Å². The second kappa shape index (κ2) is 8.85. The molecule has 1 amide bonds. The summed E-state index contributed by atoms with van der Waals surface area (Å²) in [5.41, 5.74) is 5.80. The molecule has 0 aromatic heterocycles. The van der Waals surface area contributed by atoms with Crippen LogP contribution in [0.5, 0.6) is 0 Å². The van der Waals surface area contributed by atoms with E-state index in [4.69, 9.17) is 5.73 Å². The average Bonchev–Trinajstić information content (AvgIpc) is 2.42. The number of hydrogen-bond donors (Lipinski definition) is 2. The summed E-state index contributed by atoms with van der Waals surface area (Å²) in [6, 6.07) is 0.815. The molecule has 118 valence electrons. The molecule has 5 heteroatoms. The fourth-order valence-corrected chi connectivity index (χ4v) is 3.40. The monoisotopic (exact) mass is 303 g/mol.